The maximum Gasteiger partial charge on any atom is 0.257 e. The van der Waals surface area contributed by atoms with Gasteiger partial charge in [0.25, 0.3) is 5.91 Å². The minimum atomic E-state index is -0.273. The quantitative estimate of drug-likeness (QED) is 0.610. The molecule has 2 rings (SSSR count). The van der Waals surface area contributed by atoms with Crippen LogP contribution in [0, 0.1) is 0 Å². The Morgan fingerprint density at radius 1 is 1.00 bits per heavy atom. The lowest BCUT2D eigenvalue weighted by molar-refractivity contribution is -0.123. The second-order valence-corrected chi connectivity index (χ2v) is 6.43. The predicted octanol–water partition coefficient (Wildman–Crippen LogP) is 3.69. The molecule has 0 saturated carbocycles. The maximum absolute atomic E-state index is 12.1. The van der Waals surface area contributed by atoms with Crippen molar-refractivity contribution in [3.63, 3.8) is 0 Å². The van der Waals surface area contributed by atoms with Gasteiger partial charge in [0.15, 0.2) is 23.9 Å². The van der Waals surface area contributed by atoms with Gasteiger partial charge < -0.3 is 19.5 Å². The molecule has 1 amide bonds. The smallest absolute Gasteiger partial charge is 0.257 e. The van der Waals surface area contributed by atoms with E-state index in [0.29, 0.717) is 47.2 Å². The van der Waals surface area contributed by atoms with Gasteiger partial charge in [-0.25, -0.2) is 0 Å². The fourth-order valence-electron chi connectivity index (χ4n) is 2.61. The molecule has 2 aromatic rings. The van der Waals surface area contributed by atoms with Crippen LogP contribution >= 0.6 is 11.6 Å². The van der Waals surface area contributed by atoms with Crippen LogP contribution in [0.3, 0.4) is 0 Å². The zero-order chi connectivity index (χ0) is 20.5. The number of amides is 1. The molecule has 0 aromatic heterocycles. The summed E-state index contributed by atoms with van der Waals surface area (Å²) in [6.07, 6.45) is 0.959. The van der Waals surface area contributed by atoms with Gasteiger partial charge in [0.05, 0.1) is 19.8 Å². The van der Waals surface area contributed by atoms with E-state index < -0.39 is 0 Å². The highest BCUT2D eigenvalue weighted by molar-refractivity contribution is 6.31. The number of methoxy groups -OCH3 is 2. The van der Waals surface area contributed by atoms with E-state index in [1.807, 2.05) is 18.2 Å². The Kier molecular flexibility index (Phi) is 8.14. The lowest BCUT2D eigenvalue weighted by Crippen LogP contribution is -2.30. The van der Waals surface area contributed by atoms with Crippen LogP contribution in [-0.4, -0.2) is 39.1 Å². The number of halogens is 1. The number of nitrogens with one attached hydrogen (secondary N) is 1. The number of benzene rings is 2. The molecule has 0 atom stereocenters. The first-order chi connectivity index (χ1) is 13.5. The first kappa shape index (κ1) is 21.6. The van der Waals surface area contributed by atoms with Crippen molar-refractivity contribution in [3.05, 3.63) is 52.5 Å². The summed E-state index contributed by atoms with van der Waals surface area (Å²) in [6.45, 7) is 2.02. The number of ketones is 1. The van der Waals surface area contributed by atoms with Crippen molar-refractivity contribution in [1.82, 2.24) is 5.32 Å². The number of carbonyl (C=O) groups excluding carboxylic acids is 2. The molecule has 28 heavy (non-hydrogen) atoms. The number of Topliss-reactive ketones (excluding diaryl/α,β-unsaturated/α-hetero) is 1. The van der Waals surface area contributed by atoms with E-state index in [9.17, 15) is 9.59 Å². The summed E-state index contributed by atoms with van der Waals surface area (Å²) in [5, 5.41) is 3.24. The average Bonchev–Trinajstić information content (AvgIpc) is 2.71. The molecule has 0 fully saturated rings. The van der Waals surface area contributed by atoms with Crippen LogP contribution < -0.4 is 19.5 Å². The third-order valence-corrected chi connectivity index (χ3v) is 4.34. The second kappa shape index (κ2) is 10.6. The van der Waals surface area contributed by atoms with Gasteiger partial charge in [-0.2, -0.15) is 0 Å². The highest BCUT2D eigenvalue weighted by Crippen LogP contribution is 2.27. The normalized spacial score (nSPS) is 10.3. The molecular weight excluding hydrogens is 382 g/mol. The summed E-state index contributed by atoms with van der Waals surface area (Å²) in [7, 11) is 3.16. The summed E-state index contributed by atoms with van der Waals surface area (Å²) in [5.74, 6) is 1.29. The molecule has 150 valence electrons. The first-order valence-electron chi connectivity index (χ1n) is 8.91. The lowest BCUT2D eigenvalue weighted by Gasteiger charge is -2.12. The standard InChI is InChI=1S/C21H24ClNO5/c1-4-17(24)16-12-15(22)6-8-18(16)28-13-21(25)23-10-9-14-5-7-19(26-2)20(11-14)27-3/h5-8,11-12H,4,9-10,13H2,1-3H3,(H,23,25). The monoisotopic (exact) mass is 405 g/mol. The SMILES string of the molecule is CCC(=O)c1cc(Cl)ccc1OCC(=O)NCCc1ccc(OC)c(OC)c1. The Morgan fingerprint density at radius 2 is 1.71 bits per heavy atom. The molecule has 2 aromatic carbocycles. The van der Waals surface area contributed by atoms with Crippen LogP contribution in [0.1, 0.15) is 29.3 Å². The number of rotatable bonds is 10. The number of carbonyl (C=O) groups is 2. The average molecular weight is 406 g/mol. The van der Waals surface area contributed by atoms with E-state index in [1.165, 1.54) is 0 Å². The van der Waals surface area contributed by atoms with Crippen LogP contribution in [-0.2, 0) is 11.2 Å². The molecule has 0 unspecified atom stereocenters. The Morgan fingerprint density at radius 3 is 2.39 bits per heavy atom. The summed E-state index contributed by atoms with van der Waals surface area (Å²) in [4.78, 5) is 24.1. The maximum atomic E-state index is 12.1. The molecule has 1 N–H and O–H groups in total. The molecule has 0 saturated heterocycles. The molecule has 0 aliphatic heterocycles. The highest BCUT2D eigenvalue weighted by Gasteiger charge is 2.13. The first-order valence-corrected chi connectivity index (χ1v) is 9.29. The van der Waals surface area contributed by atoms with Crippen LogP contribution in [0.2, 0.25) is 5.02 Å². The molecule has 0 bridgehead atoms. The molecule has 0 aliphatic carbocycles. The van der Waals surface area contributed by atoms with Crippen molar-refractivity contribution in [2.45, 2.75) is 19.8 Å². The van der Waals surface area contributed by atoms with E-state index in [-0.39, 0.29) is 18.3 Å². The number of hydrogen-bond acceptors (Lipinski definition) is 5. The van der Waals surface area contributed by atoms with Crippen LogP contribution in [0.25, 0.3) is 0 Å². The third kappa shape index (κ3) is 5.89. The van der Waals surface area contributed by atoms with E-state index >= 15 is 0 Å². The minimum absolute atomic E-state index is 0.0913. The minimum Gasteiger partial charge on any atom is -0.493 e. The zero-order valence-electron chi connectivity index (χ0n) is 16.2. The third-order valence-electron chi connectivity index (χ3n) is 4.11. The van der Waals surface area contributed by atoms with E-state index in [4.69, 9.17) is 25.8 Å². The van der Waals surface area contributed by atoms with Crippen molar-refractivity contribution >= 4 is 23.3 Å². The number of hydrogen-bond donors (Lipinski definition) is 1. The molecule has 0 aliphatic rings. The predicted molar refractivity (Wildman–Crippen MR) is 108 cm³/mol. The summed E-state index contributed by atoms with van der Waals surface area (Å²) >= 11 is 5.94. The fourth-order valence-corrected chi connectivity index (χ4v) is 2.79. The van der Waals surface area contributed by atoms with E-state index in [0.717, 1.165) is 5.56 Å². The Bertz CT molecular complexity index is 838. The lowest BCUT2D eigenvalue weighted by atomic mass is 10.1. The topological polar surface area (TPSA) is 73.9 Å². The summed E-state index contributed by atoms with van der Waals surface area (Å²) < 4.78 is 16.0. The zero-order valence-corrected chi connectivity index (χ0v) is 17.0. The van der Waals surface area contributed by atoms with Gasteiger partial charge in [-0.05, 0) is 42.3 Å². The van der Waals surface area contributed by atoms with Gasteiger partial charge in [0.1, 0.15) is 5.75 Å². The highest BCUT2D eigenvalue weighted by atomic mass is 35.5. The Hall–Kier alpha value is -2.73. The van der Waals surface area contributed by atoms with Crippen molar-refractivity contribution in [3.8, 4) is 17.2 Å². The van der Waals surface area contributed by atoms with Gasteiger partial charge in [0, 0.05) is 18.0 Å². The summed E-state index contributed by atoms with van der Waals surface area (Å²) in [5.41, 5.74) is 1.39. The van der Waals surface area contributed by atoms with Crippen LogP contribution in [0.5, 0.6) is 17.2 Å². The van der Waals surface area contributed by atoms with Gasteiger partial charge in [-0.15, -0.1) is 0 Å². The van der Waals surface area contributed by atoms with Gasteiger partial charge >= 0.3 is 0 Å². The molecule has 6 nitrogen and oxygen atoms in total. The van der Waals surface area contributed by atoms with Crippen LogP contribution in [0.15, 0.2) is 36.4 Å². The molecule has 0 radical (unpaired) electrons. The largest absolute Gasteiger partial charge is 0.493 e. The second-order valence-electron chi connectivity index (χ2n) is 6.00. The summed E-state index contributed by atoms with van der Waals surface area (Å²) in [6, 6.07) is 10.4. The molecule has 0 heterocycles. The van der Waals surface area contributed by atoms with Crippen molar-refractivity contribution in [2.24, 2.45) is 0 Å². The van der Waals surface area contributed by atoms with Crippen LogP contribution in [0.4, 0.5) is 0 Å². The van der Waals surface area contributed by atoms with Crippen molar-refractivity contribution < 1.29 is 23.8 Å². The molecular formula is C21H24ClNO5. The molecule has 0 spiro atoms. The van der Waals surface area contributed by atoms with Crippen molar-refractivity contribution in [1.29, 1.82) is 0 Å². The Labute approximate surface area is 169 Å². The van der Waals surface area contributed by atoms with E-state index in [2.05, 4.69) is 5.32 Å². The van der Waals surface area contributed by atoms with Gasteiger partial charge in [-0.3, -0.25) is 9.59 Å². The number of ether oxygens (including phenoxy) is 3. The van der Waals surface area contributed by atoms with E-state index in [1.54, 1.807) is 39.3 Å². The molecule has 7 heteroatoms. The van der Waals surface area contributed by atoms with Crippen molar-refractivity contribution in [2.75, 3.05) is 27.4 Å². The Balaban J connectivity index is 1.86. The van der Waals surface area contributed by atoms with Gasteiger partial charge in [-0.1, -0.05) is 24.6 Å². The van der Waals surface area contributed by atoms with Gasteiger partial charge in [0.2, 0.25) is 0 Å². The fraction of sp³-hybridized carbons (Fsp3) is 0.333.